The molecule has 0 spiro atoms. The van der Waals surface area contributed by atoms with Crippen LogP contribution in [0.1, 0.15) is 28.8 Å². The van der Waals surface area contributed by atoms with E-state index in [0.717, 1.165) is 24.5 Å². The lowest BCUT2D eigenvalue weighted by molar-refractivity contribution is 0.0819. The number of halogens is 1. The molecule has 3 rings (SSSR count). The number of aromatic nitrogens is 1. The third-order valence-corrected chi connectivity index (χ3v) is 4.31. The van der Waals surface area contributed by atoms with Crippen molar-refractivity contribution in [3.63, 3.8) is 0 Å². The molecule has 0 radical (unpaired) electrons. The highest BCUT2D eigenvalue weighted by Crippen LogP contribution is 2.18. The first-order chi connectivity index (χ1) is 13.0. The normalized spacial score (nSPS) is 16.1. The van der Waals surface area contributed by atoms with E-state index in [1.807, 2.05) is 6.07 Å². The molecule has 1 fully saturated rings. The zero-order valence-electron chi connectivity index (χ0n) is 14.7. The van der Waals surface area contributed by atoms with Crippen LogP contribution in [-0.2, 0) is 11.3 Å². The molecule has 27 heavy (non-hydrogen) atoms. The van der Waals surface area contributed by atoms with Crippen LogP contribution < -0.4 is 11.1 Å². The van der Waals surface area contributed by atoms with Crippen LogP contribution in [0.3, 0.4) is 0 Å². The number of hydrogen-bond donors (Lipinski definition) is 2. The van der Waals surface area contributed by atoms with Crippen LogP contribution in [0.25, 0.3) is 0 Å². The Morgan fingerprint density at radius 1 is 1.37 bits per heavy atom. The summed E-state index contributed by atoms with van der Waals surface area (Å²) in [5, 5.41) is 2.70. The number of nitrogens with one attached hydrogen (secondary N) is 1. The lowest BCUT2D eigenvalue weighted by Crippen LogP contribution is -2.39. The molecule has 3 amide bonds. The van der Waals surface area contributed by atoms with Gasteiger partial charge in [-0.1, -0.05) is 6.07 Å². The zero-order chi connectivity index (χ0) is 19.2. The van der Waals surface area contributed by atoms with Crippen LogP contribution in [-0.4, -0.2) is 41.1 Å². The molecule has 0 bridgehead atoms. The number of carbonyl (C=O) groups is 2. The monoisotopic (exact) mass is 372 g/mol. The fourth-order valence-electron chi connectivity index (χ4n) is 2.96. The maximum atomic E-state index is 13.6. The van der Waals surface area contributed by atoms with Crippen molar-refractivity contribution in [2.75, 3.05) is 18.5 Å². The summed E-state index contributed by atoms with van der Waals surface area (Å²) in [6.07, 6.45) is 5.19. The number of ether oxygens (including phenoxy) is 1. The number of nitrogens with zero attached hydrogens (tertiary/aromatic N) is 2. The van der Waals surface area contributed by atoms with Crippen LogP contribution in [0.15, 0.2) is 42.7 Å². The van der Waals surface area contributed by atoms with Gasteiger partial charge >= 0.3 is 6.03 Å². The van der Waals surface area contributed by atoms with Gasteiger partial charge in [-0.2, -0.15) is 0 Å². The molecule has 1 aliphatic heterocycles. The molecule has 0 aliphatic carbocycles. The zero-order valence-corrected chi connectivity index (χ0v) is 14.7. The van der Waals surface area contributed by atoms with Gasteiger partial charge in [0, 0.05) is 37.8 Å². The summed E-state index contributed by atoms with van der Waals surface area (Å²) >= 11 is 0. The van der Waals surface area contributed by atoms with Gasteiger partial charge in [0.15, 0.2) is 0 Å². The molecule has 8 heteroatoms. The number of nitrogens with two attached hydrogens (primary N) is 1. The molecule has 142 valence electrons. The minimum Gasteiger partial charge on any atom is -0.376 e. The molecule has 7 nitrogen and oxygen atoms in total. The van der Waals surface area contributed by atoms with Crippen LogP contribution >= 0.6 is 0 Å². The molecule has 1 aromatic heterocycles. The van der Waals surface area contributed by atoms with E-state index in [4.69, 9.17) is 10.5 Å². The Morgan fingerprint density at radius 2 is 2.22 bits per heavy atom. The van der Waals surface area contributed by atoms with Gasteiger partial charge in [-0.05, 0) is 42.7 Å². The second-order valence-electron chi connectivity index (χ2n) is 6.37. The molecule has 1 aliphatic rings. The van der Waals surface area contributed by atoms with Crippen LogP contribution in [0.2, 0.25) is 0 Å². The van der Waals surface area contributed by atoms with Gasteiger partial charge < -0.3 is 20.7 Å². The van der Waals surface area contributed by atoms with E-state index in [9.17, 15) is 14.0 Å². The van der Waals surface area contributed by atoms with Crippen molar-refractivity contribution in [2.24, 2.45) is 5.73 Å². The minimum absolute atomic E-state index is 0.0261. The Bertz CT molecular complexity index is 810. The molecule has 2 aromatic rings. The van der Waals surface area contributed by atoms with E-state index in [2.05, 4.69) is 10.3 Å². The number of hydrogen-bond acceptors (Lipinski definition) is 4. The first kappa shape index (κ1) is 18.8. The average molecular weight is 372 g/mol. The van der Waals surface area contributed by atoms with Crippen molar-refractivity contribution in [1.82, 2.24) is 9.88 Å². The molecular formula is C19H21FN4O3. The molecule has 1 atom stereocenters. The van der Waals surface area contributed by atoms with Gasteiger partial charge in [-0.3, -0.25) is 9.78 Å². The highest BCUT2D eigenvalue weighted by Gasteiger charge is 2.23. The quantitative estimate of drug-likeness (QED) is 0.814. The number of primary amides is 1. The van der Waals surface area contributed by atoms with E-state index in [-0.39, 0.29) is 17.7 Å². The van der Waals surface area contributed by atoms with Gasteiger partial charge in [-0.15, -0.1) is 0 Å². The number of benzene rings is 1. The average Bonchev–Trinajstić information content (AvgIpc) is 3.16. The number of anilines is 1. The Labute approximate surface area is 156 Å². The Kier molecular flexibility index (Phi) is 5.97. The fraction of sp³-hybridized carbons (Fsp3) is 0.316. The summed E-state index contributed by atoms with van der Waals surface area (Å²) in [5.41, 5.74) is 6.06. The van der Waals surface area contributed by atoms with E-state index in [1.165, 1.54) is 12.1 Å². The van der Waals surface area contributed by atoms with Crippen molar-refractivity contribution >= 4 is 17.6 Å². The second-order valence-corrected chi connectivity index (χ2v) is 6.37. The summed E-state index contributed by atoms with van der Waals surface area (Å²) in [7, 11) is 0. The predicted molar refractivity (Wildman–Crippen MR) is 97.6 cm³/mol. The Morgan fingerprint density at radius 3 is 2.89 bits per heavy atom. The summed E-state index contributed by atoms with van der Waals surface area (Å²) in [4.78, 5) is 29.8. The summed E-state index contributed by atoms with van der Waals surface area (Å²) in [6.45, 7) is 1.46. The van der Waals surface area contributed by atoms with Gasteiger partial charge in [-0.25, -0.2) is 9.18 Å². The third kappa shape index (κ3) is 5.01. The summed E-state index contributed by atoms with van der Waals surface area (Å²) in [5.74, 6) is -1.62. The van der Waals surface area contributed by atoms with Crippen LogP contribution in [0, 0.1) is 5.82 Å². The topological polar surface area (TPSA) is 97.5 Å². The van der Waals surface area contributed by atoms with Crippen LogP contribution in [0.5, 0.6) is 0 Å². The van der Waals surface area contributed by atoms with Crippen molar-refractivity contribution in [1.29, 1.82) is 0 Å². The number of rotatable bonds is 6. The highest BCUT2D eigenvalue weighted by atomic mass is 19.1. The third-order valence-electron chi connectivity index (χ3n) is 4.31. The van der Waals surface area contributed by atoms with E-state index >= 15 is 0 Å². The van der Waals surface area contributed by atoms with Crippen molar-refractivity contribution in [2.45, 2.75) is 25.5 Å². The van der Waals surface area contributed by atoms with Crippen LogP contribution in [0.4, 0.5) is 14.9 Å². The largest absolute Gasteiger partial charge is 0.376 e. The standard InChI is InChI=1S/C19H21FN4O3/c20-17-6-5-14(9-16(17)18(21)25)23-19(26)24(12-15-4-2-8-27-15)11-13-3-1-7-22-10-13/h1,3,5-7,9-10,15H,2,4,8,11-12H2,(H2,21,25)(H,23,26)/t15-/m1/s1. The first-order valence-electron chi connectivity index (χ1n) is 8.68. The molecule has 0 unspecified atom stereocenters. The summed E-state index contributed by atoms with van der Waals surface area (Å²) in [6, 6.07) is 7.01. The van der Waals surface area contributed by atoms with Crippen molar-refractivity contribution in [3.05, 3.63) is 59.7 Å². The minimum atomic E-state index is -0.893. The molecule has 1 saturated heterocycles. The smallest absolute Gasteiger partial charge is 0.322 e. The van der Waals surface area contributed by atoms with E-state index in [1.54, 1.807) is 23.4 Å². The number of amides is 3. The lowest BCUT2D eigenvalue weighted by atomic mass is 10.1. The molecular weight excluding hydrogens is 351 g/mol. The van der Waals surface area contributed by atoms with Crippen molar-refractivity contribution < 1.29 is 18.7 Å². The highest BCUT2D eigenvalue weighted by molar-refractivity contribution is 5.96. The molecule has 1 aromatic carbocycles. The lowest BCUT2D eigenvalue weighted by Gasteiger charge is -2.26. The molecule has 3 N–H and O–H groups in total. The summed E-state index contributed by atoms with van der Waals surface area (Å²) < 4.78 is 19.3. The molecule has 2 heterocycles. The SMILES string of the molecule is NC(=O)c1cc(NC(=O)N(Cc2cccnc2)C[C@H]2CCCO2)ccc1F. The second kappa shape index (κ2) is 8.59. The maximum absolute atomic E-state index is 13.6. The van der Waals surface area contributed by atoms with Gasteiger partial charge in [0.05, 0.1) is 11.7 Å². The molecule has 0 saturated carbocycles. The van der Waals surface area contributed by atoms with Gasteiger partial charge in [0.2, 0.25) is 0 Å². The Hall–Kier alpha value is -3.00. The number of carbonyl (C=O) groups excluding carboxylic acids is 2. The Balaban J connectivity index is 1.75. The van der Waals surface area contributed by atoms with E-state index in [0.29, 0.717) is 25.4 Å². The van der Waals surface area contributed by atoms with Gasteiger partial charge in [0.25, 0.3) is 5.91 Å². The predicted octanol–water partition coefficient (Wildman–Crippen LogP) is 2.53. The maximum Gasteiger partial charge on any atom is 0.322 e. The first-order valence-corrected chi connectivity index (χ1v) is 8.68. The number of urea groups is 1. The van der Waals surface area contributed by atoms with Crippen molar-refractivity contribution in [3.8, 4) is 0 Å². The fourth-order valence-corrected chi connectivity index (χ4v) is 2.96. The number of pyridine rings is 1. The van der Waals surface area contributed by atoms with E-state index < -0.39 is 11.7 Å². The van der Waals surface area contributed by atoms with Gasteiger partial charge in [0.1, 0.15) is 5.82 Å².